The minimum absolute atomic E-state index is 0.0693. The molecule has 0 saturated heterocycles. The lowest BCUT2D eigenvalue weighted by Crippen LogP contribution is -2.14. The molecule has 6 rings (SSSR count). The van der Waals surface area contributed by atoms with Crippen molar-refractivity contribution >= 4 is 29.2 Å². The van der Waals surface area contributed by atoms with Gasteiger partial charge in [0.05, 0.1) is 16.9 Å². The molecular formula is C35H35N3O. The number of hydrogen-bond acceptors (Lipinski definition) is 4. The second-order valence-electron chi connectivity index (χ2n) is 11.0. The molecule has 4 aromatic carbocycles. The van der Waals surface area contributed by atoms with Crippen molar-refractivity contribution < 1.29 is 4.74 Å². The van der Waals surface area contributed by atoms with E-state index in [0.717, 1.165) is 34.6 Å². The molecular weight excluding hydrogens is 478 g/mol. The summed E-state index contributed by atoms with van der Waals surface area (Å²) in [7, 11) is 0. The van der Waals surface area contributed by atoms with Crippen LogP contribution in [-0.4, -0.2) is 18.2 Å². The molecule has 4 heteroatoms. The first-order valence-corrected chi connectivity index (χ1v) is 13.9. The Hall–Kier alpha value is -4.18. The maximum atomic E-state index is 6.42. The third-order valence-electron chi connectivity index (χ3n) is 7.73. The van der Waals surface area contributed by atoms with Crippen LogP contribution in [0.25, 0.3) is 0 Å². The van der Waals surface area contributed by atoms with Crippen LogP contribution in [0.5, 0.6) is 0 Å². The molecule has 196 valence electrons. The van der Waals surface area contributed by atoms with Gasteiger partial charge in [-0.2, -0.15) is 0 Å². The lowest BCUT2D eigenvalue weighted by atomic mass is 9.93. The summed E-state index contributed by atoms with van der Waals surface area (Å²) in [6.45, 7) is 8.91. The van der Waals surface area contributed by atoms with Gasteiger partial charge in [0.15, 0.2) is 0 Å². The van der Waals surface area contributed by atoms with Gasteiger partial charge in [0.1, 0.15) is 12.1 Å². The number of benzene rings is 4. The fraction of sp³-hybridized carbons (Fsp3) is 0.257. The van der Waals surface area contributed by atoms with Gasteiger partial charge in [0, 0.05) is 23.9 Å². The van der Waals surface area contributed by atoms with Crippen LogP contribution >= 0.6 is 0 Å². The fourth-order valence-corrected chi connectivity index (χ4v) is 5.67. The molecule has 1 aliphatic heterocycles. The summed E-state index contributed by atoms with van der Waals surface area (Å²) in [6, 6.07) is 31.7. The van der Waals surface area contributed by atoms with Crippen molar-refractivity contribution in [2.45, 2.75) is 58.1 Å². The van der Waals surface area contributed by atoms with Gasteiger partial charge >= 0.3 is 0 Å². The molecule has 2 atom stereocenters. The van der Waals surface area contributed by atoms with Gasteiger partial charge in [-0.1, -0.05) is 100 Å². The monoisotopic (exact) mass is 513 g/mol. The molecule has 4 aromatic rings. The highest BCUT2D eigenvalue weighted by atomic mass is 16.5. The number of hydrogen-bond donors (Lipinski definition) is 1. The third kappa shape index (κ3) is 4.87. The normalized spacial score (nSPS) is 17.8. The smallest absolute Gasteiger partial charge is 0.219 e. The van der Waals surface area contributed by atoms with E-state index in [1.165, 1.54) is 22.3 Å². The van der Waals surface area contributed by atoms with Crippen molar-refractivity contribution in [3.8, 4) is 0 Å². The average molecular weight is 514 g/mol. The second-order valence-corrected chi connectivity index (χ2v) is 11.0. The maximum Gasteiger partial charge on any atom is 0.219 e. The Bertz CT molecular complexity index is 1540. The number of para-hydroxylation sites is 3. The Kier molecular flexibility index (Phi) is 6.78. The molecule has 39 heavy (non-hydrogen) atoms. The minimum atomic E-state index is 0.0693. The van der Waals surface area contributed by atoms with Crippen molar-refractivity contribution in [2.75, 3.05) is 5.32 Å². The highest BCUT2D eigenvalue weighted by Crippen LogP contribution is 2.41. The minimum Gasteiger partial charge on any atom is -0.471 e. The maximum absolute atomic E-state index is 6.42. The van der Waals surface area contributed by atoms with Crippen LogP contribution in [0, 0.1) is 0 Å². The fourth-order valence-electron chi connectivity index (χ4n) is 5.67. The van der Waals surface area contributed by atoms with E-state index >= 15 is 0 Å². The molecule has 1 N–H and O–H groups in total. The van der Waals surface area contributed by atoms with E-state index in [-0.39, 0.29) is 12.1 Å². The first-order valence-electron chi connectivity index (χ1n) is 13.9. The van der Waals surface area contributed by atoms with Gasteiger partial charge in [-0.3, -0.25) is 4.99 Å². The Balaban J connectivity index is 1.31. The quantitative estimate of drug-likeness (QED) is 0.251. The number of ether oxygens (including phenoxy) is 1. The number of fused-ring (bicyclic) bond motifs is 3. The van der Waals surface area contributed by atoms with E-state index in [1.54, 1.807) is 0 Å². The average Bonchev–Trinajstić information content (AvgIpc) is 3.51. The molecule has 0 saturated carbocycles. The van der Waals surface area contributed by atoms with Crippen LogP contribution in [0.4, 0.5) is 17.1 Å². The summed E-state index contributed by atoms with van der Waals surface area (Å²) in [5.41, 5.74) is 10.2. The zero-order valence-corrected chi connectivity index (χ0v) is 23.1. The van der Waals surface area contributed by atoms with Crippen LogP contribution < -0.4 is 5.32 Å². The number of rotatable bonds is 7. The number of nitrogens with one attached hydrogen (secondary N) is 1. The molecule has 0 bridgehead atoms. The van der Waals surface area contributed by atoms with Crippen molar-refractivity contribution in [1.29, 1.82) is 0 Å². The standard InChI is InChI=1S/C35H35N3O/c1-22(2)26-16-11-17-27(23(3)4)33(26)36-21-25-13-6-9-18-30(25)37-31-19-10-8-15-29(31)35-38-34-28-14-7-5-12-24(28)20-32(34)39-35/h5-19,21-23,32,34,37H,20H2,1-4H3/t32-,34+/m1/s1. The Morgan fingerprint density at radius 1 is 0.795 bits per heavy atom. The van der Waals surface area contributed by atoms with Gasteiger partial charge in [0.2, 0.25) is 5.90 Å². The molecule has 1 aliphatic carbocycles. The van der Waals surface area contributed by atoms with E-state index in [9.17, 15) is 0 Å². The topological polar surface area (TPSA) is 46.0 Å². The summed E-state index contributed by atoms with van der Waals surface area (Å²) in [5, 5.41) is 3.66. The van der Waals surface area contributed by atoms with Crippen molar-refractivity contribution in [3.63, 3.8) is 0 Å². The zero-order valence-electron chi connectivity index (χ0n) is 23.1. The molecule has 1 heterocycles. The number of aliphatic imine (C=N–C) groups is 2. The summed E-state index contributed by atoms with van der Waals surface area (Å²) >= 11 is 0. The third-order valence-corrected chi connectivity index (χ3v) is 7.73. The molecule has 0 unspecified atom stereocenters. The first kappa shape index (κ1) is 25.1. The van der Waals surface area contributed by atoms with Crippen LogP contribution in [0.2, 0.25) is 0 Å². The first-order chi connectivity index (χ1) is 19.0. The van der Waals surface area contributed by atoms with E-state index in [1.807, 2.05) is 18.3 Å². The van der Waals surface area contributed by atoms with E-state index in [4.69, 9.17) is 14.7 Å². The van der Waals surface area contributed by atoms with Crippen molar-refractivity contribution in [3.05, 3.63) is 124 Å². The Labute approximate surface area is 231 Å². The van der Waals surface area contributed by atoms with Crippen LogP contribution in [0.3, 0.4) is 0 Å². The molecule has 0 aromatic heterocycles. The summed E-state index contributed by atoms with van der Waals surface area (Å²) in [6.07, 6.45) is 2.96. The van der Waals surface area contributed by atoms with Crippen LogP contribution in [-0.2, 0) is 11.2 Å². The Morgan fingerprint density at radius 3 is 2.23 bits per heavy atom. The highest BCUT2D eigenvalue weighted by molar-refractivity contribution is 6.02. The van der Waals surface area contributed by atoms with E-state index in [2.05, 4.69) is 112 Å². The van der Waals surface area contributed by atoms with Gasteiger partial charge in [-0.05, 0) is 52.3 Å². The number of nitrogens with zero attached hydrogens (tertiary/aromatic N) is 2. The molecule has 2 aliphatic rings. The lowest BCUT2D eigenvalue weighted by Gasteiger charge is -2.17. The van der Waals surface area contributed by atoms with Gasteiger partial charge in [-0.25, -0.2) is 4.99 Å². The van der Waals surface area contributed by atoms with Crippen molar-refractivity contribution in [2.24, 2.45) is 9.98 Å². The molecule has 0 spiro atoms. The largest absolute Gasteiger partial charge is 0.471 e. The van der Waals surface area contributed by atoms with Gasteiger partial charge in [0.25, 0.3) is 0 Å². The van der Waals surface area contributed by atoms with Crippen LogP contribution in [0.1, 0.15) is 79.0 Å². The predicted octanol–water partition coefficient (Wildman–Crippen LogP) is 8.87. The lowest BCUT2D eigenvalue weighted by molar-refractivity contribution is 0.206. The second kappa shape index (κ2) is 10.5. The molecule has 0 amide bonds. The number of anilines is 2. The molecule has 4 nitrogen and oxygen atoms in total. The van der Waals surface area contributed by atoms with Gasteiger partial charge < -0.3 is 10.1 Å². The Morgan fingerprint density at radius 2 is 1.46 bits per heavy atom. The van der Waals surface area contributed by atoms with E-state index in [0.29, 0.717) is 17.7 Å². The molecule has 0 fully saturated rings. The van der Waals surface area contributed by atoms with E-state index < -0.39 is 0 Å². The highest BCUT2D eigenvalue weighted by Gasteiger charge is 2.39. The molecule has 0 radical (unpaired) electrons. The zero-order chi connectivity index (χ0) is 26.9. The summed E-state index contributed by atoms with van der Waals surface area (Å²) < 4.78 is 6.42. The van der Waals surface area contributed by atoms with Crippen LogP contribution in [0.15, 0.2) is 101 Å². The SMILES string of the molecule is CC(C)c1cccc(C(C)C)c1N=Cc1ccccc1Nc1ccccc1C1=N[C@H]2c3ccccc3C[C@H]2O1. The predicted molar refractivity (Wildman–Crippen MR) is 162 cm³/mol. The van der Waals surface area contributed by atoms with Crippen molar-refractivity contribution in [1.82, 2.24) is 0 Å². The summed E-state index contributed by atoms with van der Waals surface area (Å²) in [5.74, 6) is 1.51. The summed E-state index contributed by atoms with van der Waals surface area (Å²) in [4.78, 5) is 10.1. The van der Waals surface area contributed by atoms with Gasteiger partial charge in [-0.15, -0.1) is 0 Å².